The third kappa shape index (κ3) is 5.81. The summed E-state index contributed by atoms with van der Waals surface area (Å²) in [5.74, 6) is -0.595. The third-order valence-electron chi connectivity index (χ3n) is 6.74. The van der Waals surface area contributed by atoms with Gasteiger partial charge in [0.25, 0.3) is 5.91 Å². The van der Waals surface area contributed by atoms with Crippen LogP contribution >= 0.6 is 0 Å². The molecule has 0 aliphatic carbocycles. The van der Waals surface area contributed by atoms with E-state index >= 15 is 0 Å². The van der Waals surface area contributed by atoms with E-state index in [0.717, 1.165) is 37.1 Å². The highest BCUT2D eigenvalue weighted by Crippen LogP contribution is 2.36. The molecule has 34 heavy (non-hydrogen) atoms. The molecule has 2 aromatic carbocycles. The summed E-state index contributed by atoms with van der Waals surface area (Å²) in [4.78, 5) is 40.4. The molecule has 2 unspecified atom stereocenters. The Morgan fingerprint density at radius 1 is 1.06 bits per heavy atom. The van der Waals surface area contributed by atoms with Crippen LogP contribution in [0.5, 0.6) is 0 Å². The molecule has 0 bridgehead atoms. The molecule has 6 nitrogen and oxygen atoms in total. The monoisotopic (exact) mass is 459 g/mol. The first-order valence-electron chi connectivity index (χ1n) is 12.1. The van der Waals surface area contributed by atoms with Gasteiger partial charge in [-0.3, -0.25) is 14.4 Å². The average Bonchev–Trinajstić information content (AvgIpc) is 2.86. The number of carbonyl (C=O) groups excluding carboxylic acids is 3. The molecule has 2 aromatic rings. The standard InChI is InChI=1S/C28H33N3O3/c1-20(32)30-25(17-21-9-8-15-29-18-21)28(34)31-16-14-26(33)24(19-31)27(22-10-4-2-5-11-22)23-12-6-3-7-13-23/h2-7,10-13,17,21,24,27,29H,8-9,14-16,18-19H2,1H3,(H,30,32). The molecular formula is C28H33N3O3. The van der Waals surface area contributed by atoms with Gasteiger partial charge >= 0.3 is 0 Å². The highest BCUT2D eigenvalue weighted by molar-refractivity contribution is 5.98. The SMILES string of the molecule is CC(=O)NC(=CC1CCCNC1)C(=O)N1CCC(=O)C(C(c2ccccc2)c2ccccc2)C1. The van der Waals surface area contributed by atoms with Gasteiger partial charge < -0.3 is 15.5 Å². The van der Waals surface area contributed by atoms with Crippen molar-refractivity contribution in [1.82, 2.24) is 15.5 Å². The fraction of sp³-hybridized carbons (Fsp3) is 0.393. The molecular weight excluding hydrogens is 426 g/mol. The van der Waals surface area contributed by atoms with Gasteiger partial charge in [-0.15, -0.1) is 0 Å². The summed E-state index contributed by atoms with van der Waals surface area (Å²) in [5, 5.41) is 6.11. The summed E-state index contributed by atoms with van der Waals surface area (Å²) in [5.41, 5.74) is 2.45. The molecule has 6 heteroatoms. The Labute approximate surface area is 201 Å². The van der Waals surface area contributed by atoms with Crippen LogP contribution in [0.3, 0.4) is 0 Å². The number of amides is 2. The van der Waals surface area contributed by atoms with E-state index in [1.54, 1.807) is 4.90 Å². The number of benzene rings is 2. The Balaban J connectivity index is 1.61. The van der Waals surface area contributed by atoms with E-state index in [-0.39, 0.29) is 35.4 Å². The van der Waals surface area contributed by atoms with Crippen LogP contribution < -0.4 is 10.6 Å². The number of ketones is 1. The second-order valence-corrected chi connectivity index (χ2v) is 9.24. The first-order chi connectivity index (χ1) is 16.5. The van der Waals surface area contributed by atoms with E-state index in [0.29, 0.717) is 25.2 Å². The van der Waals surface area contributed by atoms with Crippen LogP contribution in [-0.2, 0) is 14.4 Å². The van der Waals surface area contributed by atoms with Crippen LogP contribution in [0.15, 0.2) is 72.4 Å². The molecule has 2 aliphatic heterocycles. The number of nitrogens with one attached hydrogen (secondary N) is 2. The summed E-state index contributed by atoms with van der Waals surface area (Å²) in [6.07, 6.45) is 4.23. The maximum absolute atomic E-state index is 13.6. The minimum absolute atomic E-state index is 0.138. The first kappa shape index (κ1) is 23.9. The zero-order chi connectivity index (χ0) is 23.9. The lowest BCUT2D eigenvalue weighted by atomic mass is 9.76. The second-order valence-electron chi connectivity index (χ2n) is 9.24. The zero-order valence-electron chi connectivity index (χ0n) is 19.7. The Bertz CT molecular complexity index is 990. The van der Waals surface area contributed by atoms with Gasteiger partial charge in [0.15, 0.2) is 0 Å². The summed E-state index contributed by atoms with van der Waals surface area (Å²) >= 11 is 0. The number of hydrogen-bond acceptors (Lipinski definition) is 4. The Morgan fingerprint density at radius 3 is 2.26 bits per heavy atom. The van der Waals surface area contributed by atoms with Gasteiger partial charge in [-0.2, -0.15) is 0 Å². The largest absolute Gasteiger partial charge is 0.336 e. The number of piperidine rings is 2. The predicted octanol–water partition coefficient (Wildman–Crippen LogP) is 3.26. The molecule has 0 aromatic heterocycles. The molecule has 178 valence electrons. The van der Waals surface area contributed by atoms with E-state index in [4.69, 9.17) is 0 Å². The molecule has 2 amide bonds. The topological polar surface area (TPSA) is 78.5 Å². The maximum atomic E-state index is 13.6. The zero-order valence-corrected chi connectivity index (χ0v) is 19.7. The predicted molar refractivity (Wildman–Crippen MR) is 132 cm³/mol. The number of likely N-dealkylation sites (tertiary alicyclic amines) is 1. The summed E-state index contributed by atoms with van der Waals surface area (Å²) in [6.45, 7) is 3.88. The van der Waals surface area contributed by atoms with Gasteiger partial charge in [0.05, 0.1) is 0 Å². The van der Waals surface area contributed by atoms with Crippen molar-refractivity contribution in [2.45, 2.75) is 32.1 Å². The minimum Gasteiger partial charge on any atom is -0.336 e. The van der Waals surface area contributed by atoms with Crippen molar-refractivity contribution in [3.8, 4) is 0 Å². The molecule has 2 atom stereocenters. The summed E-state index contributed by atoms with van der Waals surface area (Å²) < 4.78 is 0. The Morgan fingerprint density at radius 2 is 1.71 bits per heavy atom. The molecule has 0 spiro atoms. The Hall–Kier alpha value is -3.25. The van der Waals surface area contributed by atoms with Crippen molar-refractivity contribution in [2.75, 3.05) is 26.2 Å². The molecule has 2 aliphatic rings. The summed E-state index contributed by atoms with van der Waals surface area (Å²) in [6, 6.07) is 20.1. The maximum Gasteiger partial charge on any atom is 0.270 e. The van der Waals surface area contributed by atoms with Crippen LogP contribution in [0, 0.1) is 11.8 Å². The van der Waals surface area contributed by atoms with Gasteiger partial charge in [-0.25, -0.2) is 0 Å². The highest BCUT2D eigenvalue weighted by Gasteiger charge is 2.37. The van der Waals surface area contributed by atoms with Gasteiger partial charge in [-0.05, 0) is 36.4 Å². The van der Waals surface area contributed by atoms with Gasteiger partial charge in [-0.1, -0.05) is 66.7 Å². The normalized spacial score (nSPS) is 21.4. The molecule has 2 heterocycles. The summed E-state index contributed by atoms with van der Waals surface area (Å²) in [7, 11) is 0. The third-order valence-corrected chi connectivity index (χ3v) is 6.74. The number of hydrogen-bond donors (Lipinski definition) is 2. The lowest BCUT2D eigenvalue weighted by Crippen LogP contribution is -2.48. The molecule has 2 N–H and O–H groups in total. The molecule has 0 radical (unpaired) electrons. The van der Waals surface area contributed by atoms with E-state index in [1.807, 2.05) is 66.7 Å². The minimum atomic E-state index is -0.350. The van der Waals surface area contributed by atoms with Crippen molar-refractivity contribution < 1.29 is 14.4 Å². The van der Waals surface area contributed by atoms with Crippen molar-refractivity contribution in [3.05, 3.63) is 83.6 Å². The fourth-order valence-electron chi connectivity index (χ4n) is 5.10. The van der Waals surface area contributed by atoms with Gasteiger partial charge in [0, 0.05) is 44.8 Å². The van der Waals surface area contributed by atoms with Crippen LogP contribution in [-0.4, -0.2) is 48.7 Å². The van der Waals surface area contributed by atoms with Crippen LogP contribution in [0.25, 0.3) is 0 Å². The van der Waals surface area contributed by atoms with E-state index in [9.17, 15) is 14.4 Å². The molecule has 2 fully saturated rings. The quantitative estimate of drug-likeness (QED) is 0.650. The van der Waals surface area contributed by atoms with Crippen molar-refractivity contribution in [3.63, 3.8) is 0 Å². The van der Waals surface area contributed by atoms with E-state index in [2.05, 4.69) is 10.6 Å². The van der Waals surface area contributed by atoms with E-state index in [1.165, 1.54) is 6.92 Å². The van der Waals surface area contributed by atoms with Crippen molar-refractivity contribution in [1.29, 1.82) is 0 Å². The van der Waals surface area contributed by atoms with Gasteiger partial charge in [0.1, 0.15) is 11.5 Å². The lowest BCUT2D eigenvalue weighted by Gasteiger charge is -2.37. The van der Waals surface area contributed by atoms with Crippen molar-refractivity contribution >= 4 is 17.6 Å². The smallest absolute Gasteiger partial charge is 0.270 e. The number of carbonyl (C=O) groups is 3. The van der Waals surface area contributed by atoms with E-state index < -0.39 is 0 Å². The highest BCUT2D eigenvalue weighted by atomic mass is 16.2. The second kappa shape index (κ2) is 11.3. The van der Waals surface area contributed by atoms with Crippen LogP contribution in [0.2, 0.25) is 0 Å². The number of nitrogens with zero attached hydrogens (tertiary/aromatic N) is 1. The number of Topliss-reactive ketones (excluding diaryl/α,β-unsaturated/α-hetero) is 1. The number of rotatable bonds is 6. The van der Waals surface area contributed by atoms with Crippen molar-refractivity contribution in [2.24, 2.45) is 11.8 Å². The molecule has 4 rings (SSSR count). The first-order valence-corrected chi connectivity index (χ1v) is 12.1. The lowest BCUT2D eigenvalue weighted by molar-refractivity contribution is -0.136. The molecule has 0 saturated carbocycles. The average molecular weight is 460 g/mol. The van der Waals surface area contributed by atoms with Crippen LogP contribution in [0.4, 0.5) is 0 Å². The Kier molecular flexibility index (Phi) is 7.91. The van der Waals surface area contributed by atoms with Gasteiger partial charge in [0.2, 0.25) is 5.91 Å². The molecule has 2 saturated heterocycles. The fourth-order valence-corrected chi connectivity index (χ4v) is 5.10. The van der Waals surface area contributed by atoms with Crippen LogP contribution in [0.1, 0.15) is 43.2 Å².